The van der Waals surface area contributed by atoms with Crippen LogP contribution in [-0.2, 0) is 9.53 Å². The smallest absolute Gasteiger partial charge is 0.222 e. The van der Waals surface area contributed by atoms with Gasteiger partial charge in [-0.2, -0.15) is 0 Å². The van der Waals surface area contributed by atoms with Crippen molar-refractivity contribution >= 4 is 17.5 Å². The van der Waals surface area contributed by atoms with Crippen LogP contribution in [0.25, 0.3) is 0 Å². The second-order valence-electron chi connectivity index (χ2n) is 4.50. The third-order valence-corrected chi connectivity index (χ3v) is 3.25. The van der Waals surface area contributed by atoms with Gasteiger partial charge in [-0.05, 0) is 31.6 Å². The van der Waals surface area contributed by atoms with Gasteiger partial charge in [0.05, 0.1) is 6.61 Å². The lowest BCUT2D eigenvalue weighted by Gasteiger charge is -2.27. The van der Waals surface area contributed by atoms with Gasteiger partial charge in [-0.1, -0.05) is 0 Å². The van der Waals surface area contributed by atoms with Crippen molar-refractivity contribution in [3.8, 4) is 0 Å². The molecule has 0 radical (unpaired) electrons. The fourth-order valence-corrected chi connectivity index (χ4v) is 2.19. The number of nitrogens with zero attached hydrogens (tertiary/aromatic N) is 1. The van der Waals surface area contributed by atoms with Crippen LogP contribution in [0.1, 0.15) is 32.1 Å². The van der Waals surface area contributed by atoms with Crippen molar-refractivity contribution in [3.63, 3.8) is 0 Å². The molecule has 0 aromatic heterocycles. The Morgan fingerprint density at radius 1 is 1.50 bits per heavy atom. The maximum absolute atomic E-state index is 11.7. The first-order valence-electron chi connectivity index (χ1n) is 6.11. The molecule has 1 heterocycles. The molecule has 0 aliphatic carbocycles. The molecule has 16 heavy (non-hydrogen) atoms. The largest absolute Gasteiger partial charge is 0.381 e. The van der Waals surface area contributed by atoms with E-state index in [1.54, 1.807) is 0 Å². The Morgan fingerprint density at radius 2 is 2.31 bits per heavy atom. The Morgan fingerprint density at radius 3 is 2.94 bits per heavy atom. The second kappa shape index (κ2) is 7.91. The summed E-state index contributed by atoms with van der Waals surface area (Å²) in [5, 5.41) is 0. The van der Waals surface area contributed by atoms with E-state index in [2.05, 4.69) is 0 Å². The number of carbonyl (C=O) groups is 1. The van der Waals surface area contributed by atoms with Crippen molar-refractivity contribution in [3.05, 3.63) is 0 Å². The molecule has 1 rings (SSSR count). The first kappa shape index (κ1) is 13.8. The van der Waals surface area contributed by atoms with E-state index in [-0.39, 0.29) is 5.91 Å². The first-order valence-corrected chi connectivity index (χ1v) is 6.65. The summed E-state index contributed by atoms with van der Waals surface area (Å²) in [7, 11) is 1.89. The number of hydrogen-bond donors (Lipinski definition) is 0. The van der Waals surface area contributed by atoms with Gasteiger partial charge in [0.2, 0.25) is 5.91 Å². The Kier molecular flexibility index (Phi) is 6.81. The summed E-state index contributed by atoms with van der Waals surface area (Å²) >= 11 is 5.58. The SMILES string of the molecule is CN(CC1CCCOC1)C(=O)CCCCCl. The van der Waals surface area contributed by atoms with E-state index in [0.29, 0.717) is 18.2 Å². The average molecular weight is 248 g/mol. The van der Waals surface area contributed by atoms with Crippen LogP contribution in [0.15, 0.2) is 0 Å². The molecule has 1 saturated heterocycles. The van der Waals surface area contributed by atoms with Crippen molar-refractivity contribution in [1.29, 1.82) is 0 Å². The third kappa shape index (κ3) is 5.17. The van der Waals surface area contributed by atoms with Crippen molar-refractivity contribution < 1.29 is 9.53 Å². The fourth-order valence-electron chi connectivity index (χ4n) is 2.00. The number of halogens is 1. The molecule has 1 unspecified atom stereocenters. The van der Waals surface area contributed by atoms with E-state index >= 15 is 0 Å². The number of carbonyl (C=O) groups excluding carboxylic acids is 1. The van der Waals surface area contributed by atoms with E-state index in [4.69, 9.17) is 16.3 Å². The lowest BCUT2D eigenvalue weighted by atomic mass is 10.0. The van der Waals surface area contributed by atoms with Crippen LogP contribution in [0, 0.1) is 5.92 Å². The van der Waals surface area contributed by atoms with E-state index in [0.717, 1.165) is 39.0 Å². The molecule has 1 aliphatic rings. The van der Waals surface area contributed by atoms with Gasteiger partial charge in [-0.3, -0.25) is 4.79 Å². The Bertz CT molecular complexity index is 205. The number of alkyl halides is 1. The predicted octanol–water partition coefficient (Wildman–Crippen LogP) is 2.28. The van der Waals surface area contributed by atoms with Gasteiger partial charge in [-0.15, -0.1) is 11.6 Å². The first-order chi connectivity index (χ1) is 7.74. The van der Waals surface area contributed by atoms with Gasteiger partial charge < -0.3 is 9.64 Å². The Balaban J connectivity index is 2.16. The van der Waals surface area contributed by atoms with Crippen LogP contribution in [0.3, 0.4) is 0 Å². The Labute approximate surface area is 103 Å². The molecule has 4 heteroatoms. The number of ether oxygens (including phenoxy) is 1. The quantitative estimate of drug-likeness (QED) is 0.532. The van der Waals surface area contributed by atoms with E-state index < -0.39 is 0 Å². The van der Waals surface area contributed by atoms with E-state index in [1.807, 2.05) is 11.9 Å². The van der Waals surface area contributed by atoms with Gasteiger partial charge >= 0.3 is 0 Å². The number of rotatable bonds is 6. The summed E-state index contributed by atoms with van der Waals surface area (Å²) in [6.45, 7) is 2.52. The van der Waals surface area contributed by atoms with Crippen LogP contribution in [0.5, 0.6) is 0 Å². The topological polar surface area (TPSA) is 29.5 Å². The molecule has 3 nitrogen and oxygen atoms in total. The lowest BCUT2D eigenvalue weighted by molar-refractivity contribution is -0.131. The highest BCUT2D eigenvalue weighted by molar-refractivity contribution is 6.17. The maximum Gasteiger partial charge on any atom is 0.222 e. The zero-order valence-corrected chi connectivity index (χ0v) is 10.8. The molecule has 0 aromatic carbocycles. The molecular weight excluding hydrogens is 226 g/mol. The molecule has 0 spiro atoms. The highest BCUT2D eigenvalue weighted by atomic mass is 35.5. The van der Waals surface area contributed by atoms with Crippen molar-refractivity contribution in [2.45, 2.75) is 32.1 Å². The molecule has 1 atom stereocenters. The minimum absolute atomic E-state index is 0.232. The van der Waals surface area contributed by atoms with Gasteiger partial charge in [0, 0.05) is 32.5 Å². The molecule has 1 fully saturated rings. The van der Waals surface area contributed by atoms with Crippen molar-refractivity contribution in [2.75, 3.05) is 32.7 Å². The molecule has 1 amide bonds. The number of unbranched alkanes of at least 4 members (excludes halogenated alkanes) is 1. The summed E-state index contributed by atoms with van der Waals surface area (Å²) in [6.07, 6.45) is 4.75. The van der Waals surface area contributed by atoms with Crippen molar-refractivity contribution in [2.24, 2.45) is 5.92 Å². The highest BCUT2D eigenvalue weighted by Gasteiger charge is 2.18. The lowest BCUT2D eigenvalue weighted by Crippen LogP contribution is -2.34. The fraction of sp³-hybridized carbons (Fsp3) is 0.917. The van der Waals surface area contributed by atoms with Gasteiger partial charge in [0.15, 0.2) is 0 Å². The number of hydrogen-bond acceptors (Lipinski definition) is 2. The van der Waals surface area contributed by atoms with Crippen LogP contribution >= 0.6 is 11.6 Å². The normalized spacial score (nSPS) is 20.8. The van der Waals surface area contributed by atoms with Gasteiger partial charge in [-0.25, -0.2) is 0 Å². The average Bonchev–Trinajstić information content (AvgIpc) is 2.30. The molecular formula is C12H22ClNO2. The summed E-state index contributed by atoms with van der Waals surface area (Å²) in [4.78, 5) is 13.6. The Hall–Kier alpha value is -0.280. The summed E-state index contributed by atoms with van der Waals surface area (Å²) < 4.78 is 5.41. The minimum atomic E-state index is 0.232. The van der Waals surface area contributed by atoms with Crippen LogP contribution in [0.2, 0.25) is 0 Å². The second-order valence-corrected chi connectivity index (χ2v) is 4.88. The van der Waals surface area contributed by atoms with Crippen LogP contribution in [0.4, 0.5) is 0 Å². The van der Waals surface area contributed by atoms with E-state index in [9.17, 15) is 4.79 Å². The van der Waals surface area contributed by atoms with Gasteiger partial charge in [0.1, 0.15) is 0 Å². The van der Waals surface area contributed by atoms with Crippen molar-refractivity contribution in [1.82, 2.24) is 4.90 Å². The van der Waals surface area contributed by atoms with E-state index in [1.165, 1.54) is 6.42 Å². The molecule has 0 N–H and O–H groups in total. The van der Waals surface area contributed by atoms with Gasteiger partial charge in [0.25, 0.3) is 0 Å². The highest BCUT2D eigenvalue weighted by Crippen LogP contribution is 2.15. The maximum atomic E-state index is 11.7. The monoisotopic (exact) mass is 247 g/mol. The minimum Gasteiger partial charge on any atom is -0.381 e. The summed E-state index contributed by atoms with van der Waals surface area (Å²) in [6, 6.07) is 0. The third-order valence-electron chi connectivity index (χ3n) is 2.99. The number of amides is 1. The summed E-state index contributed by atoms with van der Waals surface area (Å²) in [5.74, 6) is 1.40. The molecule has 94 valence electrons. The zero-order chi connectivity index (χ0) is 11.8. The standard InChI is InChI=1S/C12H22ClNO2/c1-14(12(15)6-2-3-7-13)9-11-5-4-8-16-10-11/h11H,2-10H2,1H3. The molecule has 0 aromatic rings. The zero-order valence-electron chi connectivity index (χ0n) is 10.1. The molecule has 0 saturated carbocycles. The van der Waals surface area contributed by atoms with Crippen LogP contribution < -0.4 is 0 Å². The summed E-state index contributed by atoms with van der Waals surface area (Å²) in [5.41, 5.74) is 0. The molecule has 0 bridgehead atoms. The van der Waals surface area contributed by atoms with Crippen LogP contribution in [-0.4, -0.2) is 43.5 Å². The predicted molar refractivity (Wildman–Crippen MR) is 65.8 cm³/mol. The molecule has 1 aliphatic heterocycles.